The Morgan fingerprint density at radius 1 is 0.373 bits per heavy atom. The van der Waals surface area contributed by atoms with Crippen LogP contribution in [0.4, 0.5) is 0 Å². The van der Waals surface area contributed by atoms with Crippen molar-refractivity contribution in [3.8, 4) is 0 Å². The first kappa shape index (κ1) is 55.0. The number of rotatable bonds is 39. The van der Waals surface area contributed by atoms with E-state index in [1.807, 2.05) is 18.2 Å². The second-order valence-corrected chi connectivity index (χ2v) is 14.8. The molecule has 0 rings (SSSR count). The van der Waals surface area contributed by atoms with Crippen LogP contribution in [0, 0.1) is 5.41 Å². The number of aliphatic hydroxyl groups excluding tert-OH is 1. The van der Waals surface area contributed by atoms with Crippen molar-refractivity contribution >= 4 is 35.8 Å². The van der Waals surface area contributed by atoms with E-state index in [9.17, 15) is 33.9 Å². The van der Waals surface area contributed by atoms with Gasteiger partial charge >= 0.3 is 35.8 Å². The molecule has 0 aliphatic heterocycles. The summed E-state index contributed by atoms with van der Waals surface area (Å²) in [7, 11) is 0. The molecule has 0 amide bonds. The monoisotopic (exact) mass is 837 g/mol. The average molecular weight is 837 g/mol. The van der Waals surface area contributed by atoms with Crippen LogP contribution >= 0.6 is 0 Å². The van der Waals surface area contributed by atoms with Gasteiger partial charge in [0.05, 0.1) is 31.8 Å². The lowest BCUT2D eigenvalue weighted by Crippen LogP contribution is -2.42. The quantitative estimate of drug-likeness (QED) is 0.0269. The average Bonchev–Trinajstić information content (AvgIpc) is 3.22. The number of unbranched alkanes of at least 4 members (excludes halogenated alkanes) is 8. The first-order valence-corrected chi connectivity index (χ1v) is 22.1. The Kier molecular flexibility index (Phi) is 36.8. The minimum absolute atomic E-state index is 0.0163. The Morgan fingerprint density at radius 2 is 0.644 bits per heavy atom. The predicted molar refractivity (Wildman–Crippen MR) is 226 cm³/mol. The SMILES string of the molecule is CCCC/C=C\CCOC(=O)CCCC(=O)OCC(CO)(COC(=O)CCCC(=O)OCC/C=C\CCCCC)COC(=O)CCCC(=O)OCC/C=C\CCCCC. The predicted octanol–water partition coefficient (Wildman–Crippen LogP) is 8.92. The van der Waals surface area contributed by atoms with Crippen molar-refractivity contribution in [2.24, 2.45) is 5.41 Å². The van der Waals surface area contributed by atoms with Crippen LogP contribution in [0.3, 0.4) is 0 Å². The first-order valence-electron chi connectivity index (χ1n) is 22.1. The molecule has 0 saturated heterocycles. The van der Waals surface area contributed by atoms with Gasteiger partial charge in [-0.25, -0.2) is 0 Å². The van der Waals surface area contributed by atoms with Crippen LogP contribution in [0.2, 0.25) is 0 Å². The molecular weight excluding hydrogens is 760 g/mol. The van der Waals surface area contributed by atoms with Crippen molar-refractivity contribution in [3.63, 3.8) is 0 Å². The Hall–Kier alpha value is -4.00. The van der Waals surface area contributed by atoms with Crippen LogP contribution in [0.1, 0.15) is 168 Å². The lowest BCUT2D eigenvalue weighted by atomic mass is 9.92. The van der Waals surface area contributed by atoms with Crippen molar-refractivity contribution in [3.05, 3.63) is 36.5 Å². The summed E-state index contributed by atoms with van der Waals surface area (Å²) in [6, 6.07) is 0. The molecule has 0 aliphatic rings. The van der Waals surface area contributed by atoms with Crippen LogP contribution in [0.25, 0.3) is 0 Å². The maximum atomic E-state index is 12.6. The number of hydrogen-bond donors (Lipinski definition) is 1. The van der Waals surface area contributed by atoms with E-state index in [4.69, 9.17) is 28.4 Å². The van der Waals surface area contributed by atoms with E-state index >= 15 is 0 Å². The van der Waals surface area contributed by atoms with Gasteiger partial charge in [0, 0.05) is 38.5 Å². The number of carbonyl (C=O) groups is 6. The third-order valence-corrected chi connectivity index (χ3v) is 9.05. The number of hydrogen-bond acceptors (Lipinski definition) is 13. The van der Waals surface area contributed by atoms with E-state index in [1.54, 1.807) is 0 Å². The minimum Gasteiger partial charge on any atom is -0.465 e. The number of carbonyl (C=O) groups excluding carboxylic acids is 6. The second kappa shape index (κ2) is 39.5. The van der Waals surface area contributed by atoms with Gasteiger partial charge < -0.3 is 33.5 Å². The fraction of sp³-hybridized carbons (Fsp3) is 0.739. The first-order chi connectivity index (χ1) is 28.6. The maximum Gasteiger partial charge on any atom is 0.305 e. The molecule has 13 nitrogen and oxygen atoms in total. The molecule has 0 atom stereocenters. The normalized spacial score (nSPS) is 11.6. The van der Waals surface area contributed by atoms with E-state index in [1.165, 1.54) is 12.8 Å². The summed E-state index contributed by atoms with van der Waals surface area (Å²) in [5, 5.41) is 10.4. The summed E-state index contributed by atoms with van der Waals surface area (Å²) >= 11 is 0. The number of allylic oxidation sites excluding steroid dienone is 3. The van der Waals surface area contributed by atoms with Crippen LogP contribution in [0.5, 0.6) is 0 Å². The van der Waals surface area contributed by atoms with Crippen LogP contribution in [0.15, 0.2) is 36.5 Å². The molecule has 0 saturated carbocycles. The zero-order valence-electron chi connectivity index (χ0n) is 36.5. The van der Waals surface area contributed by atoms with Gasteiger partial charge in [0.25, 0.3) is 0 Å². The van der Waals surface area contributed by atoms with Crippen LogP contribution in [-0.2, 0) is 57.2 Å². The molecule has 0 fully saturated rings. The Balaban J connectivity index is 4.94. The zero-order valence-corrected chi connectivity index (χ0v) is 36.5. The largest absolute Gasteiger partial charge is 0.465 e. The van der Waals surface area contributed by atoms with E-state index in [0.717, 1.165) is 57.8 Å². The molecule has 13 heteroatoms. The Labute approximate surface area is 354 Å². The van der Waals surface area contributed by atoms with Crippen molar-refractivity contribution in [2.45, 2.75) is 168 Å². The maximum absolute atomic E-state index is 12.6. The summed E-state index contributed by atoms with van der Waals surface area (Å²) < 4.78 is 31.9. The molecule has 0 bridgehead atoms. The molecule has 0 aliphatic carbocycles. The molecule has 0 aromatic carbocycles. The molecule has 59 heavy (non-hydrogen) atoms. The highest BCUT2D eigenvalue weighted by molar-refractivity contribution is 5.74. The third kappa shape index (κ3) is 35.6. The fourth-order valence-corrected chi connectivity index (χ4v) is 5.30. The number of ether oxygens (including phenoxy) is 6. The Bertz CT molecular complexity index is 1160. The third-order valence-electron chi connectivity index (χ3n) is 9.05. The molecule has 0 unspecified atom stereocenters. The standard InChI is InChI=1S/C46H76O13/c1-4-7-10-13-16-19-22-34-55-41(49)28-25-31-44(52)58-38-46(36-47,37-57-43(51)30-24-27-40(48)54-33-21-18-15-12-9-6-3)39-59-45(53)32-26-29-42(50)56-35-23-20-17-14-11-8-5-2/h15-20,47H,4-14,21-39H2,1-3H3/b18-15-,19-16-,20-17-. The van der Waals surface area contributed by atoms with Gasteiger partial charge in [-0.15, -0.1) is 0 Å². The summed E-state index contributed by atoms with van der Waals surface area (Å²) in [6.45, 7) is 5.17. The summed E-state index contributed by atoms with van der Waals surface area (Å²) in [5.74, 6) is -3.28. The zero-order chi connectivity index (χ0) is 43.7. The van der Waals surface area contributed by atoms with E-state index in [0.29, 0.717) is 19.3 Å². The fourth-order valence-electron chi connectivity index (χ4n) is 5.30. The van der Waals surface area contributed by atoms with Crippen molar-refractivity contribution in [1.29, 1.82) is 0 Å². The van der Waals surface area contributed by atoms with Gasteiger partial charge in [0.2, 0.25) is 0 Å². The van der Waals surface area contributed by atoms with Gasteiger partial charge in [-0.1, -0.05) is 95.8 Å². The summed E-state index contributed by atoms with van der Waals surface area (Å²) in [5.41, 5.74) is -1.49. The molecule has 0 radical (unpaired) electrons. The topological polar surface area (TPSA) is 178 Å². The molecule has 338 valence electrons. The van der Waals surface area contributed by atoms with Crippen molar-refractivity contribution in [1.82, 2.24) is 0 Å². The smallest absolute Gasteiger partial charge is 0.305 e. The summed E-state index contributed by atoms with van der Waals surface area (Å²) in [6.07, 6.45) is 26.4. The van der Waals surface area contributed by atoms with E-state index in [2.05, 4.69) is 39.0 Å². The van der Waals surface area contributed by atoms with Gasteiger partial charge in [0.1, 0.15) is 19.8 Å². The highest BCUT2D eigenvalue weighted by Gasteiger charge is 2.35. The van der Waals surface area contributed by atoms with E-state index < -0.39 is 67.7 Å². The molecule has 0 aromatic heterocycles. The molecular formula is C46H76O13. The molecule has 1 N–H and O–H groups in total. The molecule has 0 heterocycles. The second-order valence-electron chi connectivity index (χ2n) is 14.8. The molecule has 0 aromatic rings. The molecule has 0 spiro atoms. The van der Waals surface area contributed by atoms with Crippen LogP contribution < -0.4 is 0 Å². The van der Waals surface area contributed by atoms with Gasteiger partial charge in [-0.05, 0) is 70.6 Å². The lowest BCUT2D eigenvalue weighted by molar-refractivity contribution is -0.165. The van der Waals surface area contributed by atoms with Gasteiger partial charge in [0.15, 0.2) is 0 Å². The van der Waals surface area contributed by atoms with Crippen LogP contribution in [-0.4, -0.2) is 87.2 Å². The van der Waals surface area contributed by atoms with Gasteiger partial charge in [-0.3, -0.25) is 28.8 Å². The number of esters is 6. The Morgan fingerprint density at radius 3 is 0.932 bits per heavy atom. The lowest BCUT2D eigenvalue weighted by Gasteiger charge is -2.30. The minimum atomic E-state index is -1.49. The van der Waals surface area contributed by atoms with Crippen molar-refractivity contribution < 1.29 is 62.3 Å². The number of aliphatic hydroxyl groups is 1. The highest BCUT2D eigenvalue weighted by Crippen LogP contribution is 2.21. The summed E-state index contributed by atoms with van der Waals surface area (Å²) in [4.78, 5) is 74.2. The van der Waals surface area contributed by atoms with Crippen molar-refractivity contribution in [2.75, 3.05) is 46.2 Å². The van der Waals surface area contributed by atoms with Gasteiger partial charge in [-0.2, -0.15) is 0 Å². The van der Waals surface area contributed by atoms with E-state index in [-0.39, 0.29) is 77.6 Å². The highest BCUT2D eigenvalue weighted by atomic mass is 16.6.